The molecule has 4 rings (SSSR count). The smallest absolute Gasteiger partial charge is 0.249 e. The second kappa shape index (κ2) is 50.1. The Balaban J connectivity index is 1.33. The van der Waals surface area contributed by atoms with Crippen molar-refractivity contribution in [1.82, 2.24) is 47.9 Å². The van der Waals surface area contributed by atoms with Crippen molar-refractivity contribution in [3.05, 3.63) is 0 Å². The molecule has 0 radical (unpaired) electrons. The first kappa shape index (κ1) is 90.8. The Labute approximate surface area is 604 Å². The van der Waals surface area contributed by atoms with Crippen molar-refractivity contribution >= 4 is 53.2 Å². The second-order valence-electron chi connectivity index (χ2n) is 25.8. The zero-order chi connectivity index (χ0) is 76.7. The molecule has 0 aromatic carbocycles. The van der Waals surface area contributed by atoms with Gasteiger partial charge in [0.2, 0.25) is 53.2 Å². The molecule has 4 heterocycles. The monoisotopic (exact) mass is 1500 g/mol. The first-order chi connectivity index (χ1) is 49.7. The Kier molecular flexibility index (Phi) is 43.7. The van der Waals surface area contributed by atoms with Crippen LogP contribution in [0.1, 0.15) is 118 Å². The first-order valence-corrected chi connectivity index (χ1v) is 35.6. The van der Waals surface area contributed by atoms with Gasteiger partial charge in [0.05, 0.1) is 98.1 Å². The lowest BCUT2D eigenvalue weighted by molar-refractivity contribution is -0.272. The van der Waals surface area contributed by atoms with Crippen LogP contribution in [0.25, 0.3) is 0 Å². The van der Waals surface area contributed by atoms with Gasteiger partial charge in [-0.2, -0.15) is 0 Å². The summed E-state index contributed by atoms with van der Waals surface area (Å²) >= 11 is 0. The van der Waals surface area contributed by atoms with E-state index in [4.69, 9.17) is 52.1 Å². The van der Waals surface area contributed by atoms with E-state index < -0.39 is 190 Å². The predicted molar refractivity (Wildman–Crippen MR) is 358 cm³/mol. The minimum Gasteiger partial charge on any atom is -0.394 e. The van der Waals surface area contributed by atoms with Gasteiger partial charge in [-0.1, -0.05) is 32.1 Å². The van der Waals surface area contributed by atoms with Crippen molar-refractivity contribution in [2.45, 2.75) is 247 Å². The standard InChI is InChI=1S/C65H115N9O30/c1-36(2)100-42-31-43(101-44(42)32-75)62(93)67-18-12-10-8-6-7-9-11-13-49(83)73-41(61(92)69-21-24-96-27-30-99-65-53(72-39(5)81)59(90)56(87)47(35-78)104-65)15-17-50(84)74-40(60(91)68-20-23-95-26-29-98-64-52(71-38(4)80)58(89)55(86)46(34-77)103-64)14-16-48(82)66-19-22-94-25-28-97-63-51(70-37(3)79)57(88)54(85)45(33-76)102-63/h36,40-47,51-59,63-65,75-78,85-90H,6-35H2,1-5H3,(H,66,82)(H,67,93)(H,68,91)(H,69,92)(H,70,79)(H,71,80)(H,72,81)(H,73,83)(H,74,84)/t40?,41?,42-,43-,44+,45?,46?,47?,51?,52?,53?,54?,55?,56?,57?,58?,59?,63?,64?,65?/m1/s1. The van der Waals surface area contributed by atoms with Crippen LogP contribution in [-0.4, -0.2) is 345 Å². The van der Waals surface area contributed by atoms with E-state index in [0.29, 0.717) is 25.8 Å². The highest BCUT2D eigenvalue weighted by Crippen LogP contribution is 2.27. The van der Waals surface area contributed by atoms with Crippen molar-refractivity contribution in [1.29, 1.82) is 0 Å². The average Bonchev–Trinajstić information content (AvgIpc) is 1.12. The maximum atomic E-state index is 13.8. The molecule has 4 saturated heterocycles. The molecule has 19 N–H and O–H groups in total. The molecule has 17 unspecified atom stereocenters. The largest absolute Gasteiger partial charge is 0.394 e. The van der Waals surface area contributed by atoms with Crippen LogP contribution in [0.2, 0.25) is 0 Å². The summed E-state index contributed by atoms with van der Waals surface area (Å²) in [6.07, 6.45) is -14.0. The van der Waals surface area contributed by atoms with E-state index in [9.17, 15) is 94.2 Å². The number of nitrogens with one attached hydrogen (secondary N) is 9. The molecule has 0 aromatic heterocycles. The zero-order valence-corrected chi connectivity index (χ0v) is 60.0. The van der Waals surface area contributed by atoms with Crippen LogP contribution in [0.4, 0.5) is 0 Å². The topological polar surface area (TPSA) is 566 Å². The number of hydrogen-bond acceptors (Lipinski definition) is 30. The van der Waals surface area contributed by atoms with Crippen LogP contribution in [0.3, 0.4) is 0 Å². The molecule has 39 nitrogen and oxygen atoms in total. The number of amides is 9. The molecule has 39 heteroatoms. The summed E-state index contributed by atoms with van der Waals surface area (Å²) in [7, 11) is 0. The third-order valence-corrected chi connectivity index (χ3v) is 17.1. The van der Waals surface area contributed by atoms with Crippen molar-refractivity contribution in [2.24, 2.45) is 0 Å². The molecule has 4 aliphatic heterocycles. The van der Waals surface area contributed by atoms with Gasteiger partial charge in [-0.25, -0.2) is 0 Å². The maximum absolute atomic E-state index is 13.8. The van der Waals surface area contributed by atoms with Gasteiger partial charge in [0.25, 0.3) is 0 Å². The van der Waals surface area contributed by atoms with Gasteiger partial charge in [-0.15, -0.1) is 0 Å². The van der Waals surface area contributed by atoms with Crippen LogP contribution in [-0.2, 0) is 95.3 Å². The van der Waals surface area contributed by atoms with Gasteiger partial charge < -0.3 is 151 Å². The predicted octanol–water partition coefficient (Wildman–Crippen LogP) is -8.02. The molecule has 104 heavy (non-hydrogen) atoms. The quantitative estimate of drug-likeness (QED) is 0.0252. The maximum Gasteiger partial charge on any atom is 0.249 e. The number of ether oxygens (including phenoxy) is 11. The molecule has 0 bridgehead atoms. The van der Waals surface area contributed by atoms with E-state index in [-0.39, 0.29) is 130 Å². The Morgan fingerprint density at radius 1 is 0.404 bits per heavy atom. The molecular weight excluding hydrogens is 1390 g/mol. The molecule has 600 valence electrons. The molecule has 0 aliphatic carbocycles. The van der Waals surface area contributed by atoms with Crippen LogP contribution in [0, 0.1) is 0 Å². The Hall–Kier alpha value is -5.61. The lowest BCUT2D eigenvalue weighted by Crippen LogP contribution is -2.64. The highest BCUT2D eigenvalue weighted by molar-refractivity contribution is 5.90. The second-order valence-corrected chi connectivity index (χ2v) is 25.8. The van der Waals surface area contributed by atoms with E-state index >= 15 is 0 Å². The van der Waals surface area contributed by atoms with E-state index in [1.54, 1.807) is 0 Å². The van der Waals surface area contributed by atoms with E-state index in [1.165, 1.54) is 20.8 Å². The summed E-state index contributed by atoms with van der Waals surface area (Å²) in [5.41, 5.74) is 0. The minimum absolute atomic E-state index is 0.0239. The van der Waals surface area contributed by atoms with E-state index in [1.807, 2.05) is 13.8 Å². The Bertz CT molecular complexity index is 2560. The molecule has 4 aliphatic rings. The number of aliphatic hydroxyl groups excluding tert-OH is 10. The van der Waals surface area contributed by atoms with Gasteiger partial charge in [0, 0.05) is 72.6 Å². The normalized spacial score (nSPS) is 28.2. The summed E-state index contributed by atoms with van der Waals surface area (Å²) < 4.78 is 61.9. The fourth-order valence-corrected chi connectivity index (χ4v) is 11.7. The lowest BCUT2D eigenvalue weighted by Gasteiger charge is -2.42. The Morgan fingerprint density at radius 3 is 1.15 bits per heavy atom. The van der Waals surface area contributed by atoms with Crippen LogP contribution in [0.15, 0.2) is 0 Å². The number of hydrogen-bond donors (Lipinski definition) is 19. The molecule has 20 atom stereocenters. The van der Waals surface area contributed by atoms with E-state index in [2.05, 4.69) is 47.9 Å². The van der Waals surface area contributed by atoms with Gasteiger partial charge in [0.1, 0.15) is 97.4 Å². The molecule has 0 saturated carbocycles. The van der Waals surface area contributed by atoms with Crippen molar-refractivity contribution < 1.29 is 146 Å². The molecular formula is C65H115N9O30. The van der Waals surface area contributed by atoms with Gasteiger partial charge in [-0.05, 0) is 39.5 Å². The number of rotatable bonds is 51. The summed E-state index contributed by atoms with van der Waals surface area (Å²) in [5, 5.41) is 125. The molecule has 9 amide bonds. The number of carbonyl (C=O) groups excluding carboxylic acids is 9. The van der Waals surface area contributed by atoms with Gasteiger partial charge >= 0.3 is 0 Å². The molecule has 0 spiro atoms. The summed E-state index contributed by atoms with van der Waals surface area (Å²) in [6, 6.07) is -6.18. The number of aliphatic hydroxyl groups is 10. The fraction of sp³-hybridized carbons (Fsp3) is 0.862. The highest BCUT2D eigenvalue weighted by atomic mass is 16.7. The van der Waals surface area contributed by atoms with Crippen LogP contribution >= 0.6 is 0 Å². The number of unbranched alkanes of at least 4 members (excludes halogenated alkanes) is 6. The van der Waals surface area contributed by atoms with Crippen LogP contribution < -0.4 is 47.9 Å². The number of carbonyl (C=O) groups is 9. The zero-order valence-electron chi connectivity index (χ0n) is 60.0. The SMILES string of the molecule is CC(=O)NC1C(OCCOCCNC(=O)CCC(NC(=O)CCC(NC(=O)CCCCCCCCCNC(=O)[C@H]2C[C@@H](OC(C)C)[C@H](CO)O2)C(=O)NCCOCCOC2OC(CO)C(O)C(O)C2NC(C)=O)C(=O)NCCOCCOC2OC(CO)C(O)C(O)C2NC(C)=O)OC(CO)C(O)C1O. The van der Waals surface area contributed by atoms with Gasteiger partial charge in [-0.3, -0.25) is 43.2 Å². The summed E-state index contributed by atoms with van der Waals surface area (Å²) in [5.74, 6) is -5.09. The lowest BCUT2D eigenvalue weighted by atomic mass is 9.97. The minimum atomic E-state index is -1.55. The summed E-state index contributed by atoms with van der Waals surface area (Å²) in [4.78, 5) is 116. The van der Waals surface area contributed by atoms with E-state index in [0.717, 1.165) is 32.1 Å². The highest BCUT2D eigenvalue weighted by Gasteiger charge is 2.48. The third kappa shape index (κ3) is 32.9. The first-order valence-electron chi connectivity index (χ1n) is 35.6. The molecule has 4 fully saturated rings. The van der Waals surface area contributed by atoms with Crippen LogP contribution in [0.5, 0.6) is 0 Å². The summed E-state index contributed by atoms with van der Waals surface area (Å²) in [6.45, 7) is 4.33. The van der Waals surface area contributed by atoms with Crippen molar-refractivity contribution in [3.8, 4) is 0 Å². The van der Waals surface area contributed by atoms with Gasteiger partial charge in [0.15, 0.2) is 18.9 Å². The third-order valence-electron chi connectivity index (χ3n) is 17.1. The average molecular weight is 1500 g/mol. The van der Waals surface area contributed by atoms with Crippen molar-refractivity contribution in [2.75, 3.05) is 112 Å². The molecule has 0 aromatic rings. The fourth-order valence-electron chi connectivity index (χ4n) is 11.7. The van der Waals surface area contributed by atoms with Crippen molar-refractivity contribution in [3.63, 3.8) is 0 Å². The Morgan fingerprint density at radius 2 is 0.769 bits per heavy atom.